The number of ether oxygens (including phenoxy) is 1. The monoisotopic (exact) mass is 240 g/mol. The molecule has 1 N–H and O–H groups in total. The van der Waals surface area contributed by atoms with Crippen LogP contribution in [0.25, 0.3) is 0 Å². The third kappa shape index (κ3) is 5.67. The molecule has 0 aliphatic carbocycles. The molecule has 1 saturated heterocycles. The van der Waals surface area contributed by atoms with Crippen molar-refractivity contribution in [1.82, 2.24) is 10.2 Å². The van der Waals surface area contributed by atoms with Gasteiger partial charge in [-0.2, -0.15) is 13.2 Å². The standard InChI is InChI=1S/C10H19F3N2O/c1-16-9-2-5-15(6-3-9)7-4-14-8-10(11,12)13/h9,14H,2-8H2,1H3. The molecule has 0 amide bonds. The largest absolute Gasteiger partial charge is 0.401 e. The summed E-state index contributed by atoms with van der Waals surface area (Å²) in [7, 11) is 1.70. The van der Waals surface area contributed by atoms with Crippen LogP contribution in [-0.2, 0) is 4.74 Å². The summed E-state index contributed by atoms with van der Waals surface area (Å²) in [6, 6.07) is 0. The number of hydrogen-bond donors (Lipinski definition) is 1. The van der Waals surface area contributed by atoms with E-state index in [1.807, 2.05) is 0 Å². The van der Waals surface area contributed by atoms with Crippen LogP contribution in [0.2, 0.25) is 0 Å². The maximum absolute atomic E-state index is 11.8. The van der Waals surface area contributed by atoms with E-state index in [0.29, 0.717) is 19.2 Å². The number of nitrogens with one attached hydrogen (secondary N) is 1. The number of likely N-dealkylation sites (tertiary alicyclic amines) is 1. The van der Waals surface area contributed by atoms with Crippen molar-refractivity contribution in [3.63, 3.8) is 0 Å². The van der Waals surface area contributed by atoms with Gasteiger partial charge in [0.05, 0.1) is 12.6 Å². The van der Waals surface area contributed by atoms with Gasteiger partial charge in [0.25, 0.3) is 0 Å². The van der Waals surface area contributed by atoms with Gasteiger partial charge in [-0.05, 0) is 12.8 Å². The number of alkyl halides is 3. The van der Waals surface area contributed by atoms with Crippen LogP contribution in [0.15, 0.2) is 0 Å². The Bertz CT molecular complexity index is 191. The van der Waals surface area contributed by atoms with Crippen LogP contribution >= 0.6 is 0 Å². The van der Waals surface area contributed by atoms with Gasteiger partial charge >= 0.3 is 6.18 Å². The molecule has 0 unspecified atom stereocenters. The van der Waals surface area contributed by atoms with E-state index in [4.69, 9.17) is 4.74 Å². The summed E-state index contributed by atoms with van der Waals surface area (Å²) in [4.78, 5) is 2.17. The zero-order valence-electron chi connectivity index (χ0n) is 9.52. The molecule has 0 spiro atoms. The summed E-state index contributed by atoms with van der Waals surface area (Å²) in [5, 5.41) is 2.40. The first-order valence-electron chi connectivity index (χ1n) is 5.54. The fourth-order valence-electron chi connectivity index (χ4n) is 1.84. The third-order valence-corrected chi connectivity index (χ3v) is 2.80. The van der Waals surface area contributed by atoms with E-state index >= 15 is 0 Å². The molecule has 1 fully saturated rings. The zero-order chi connectivity index (χ0) is 12.0. The number of hydrogen-bond acceptors (Lipinski definition) is 3. The number of nitrogens with zero attached hydrogens (tertiary/aromatic N) is 1. The van der Waals surface area contributed by atoms with E-state index in [-0.39, 0.29) is 0 Å². The van der Waals surface area contributed by atoms with Crippen LogP contribution in [0.5, 0.6) is 0 Å². The quantitative estimate of drug-likeness (QED) is 0.732. The van der Waals surface area contributed by atoms with Gasteiger partial charge in [0.15, 0.2) is 0 Å². The molecule has 96 valence electrons. The average Bonchev–Trinajstić information content (AvgIpc) is 2.24. The summed E-state index contributed by atoms with van der Waals surface area (Å²) in [6.45, 7) is 1.98. The number of halogens is 3. The SMILES string of the molecule is COC1CCN(CCNCC(F)(F)F)CC1. The van der Waals surface area contributed by atoms with Gasteiger partial charge in [-0.3, -0.25) is 0 Å². The molecular weight excluding hydrogens is 221 g/mol. The third-order valence-electron chi connectivity index (χ3n) is 2.80. The summed E-state index contributed by atoms with van der Waals surface area (Å²) in [5.41, 5.74) is 0. The highest BCUT2D eigenvalue weighted by Crippen LogP contribution is 2.13. The Morgan fingerprint density at radius 2 is 1.94 bits per heavy atom. The van der Waals surface area contributed by atoms with E-state index in [2.05, 4.69) is 10.2 Å². The van der Waals surface area contributed by atoms with Crippen LogP contribution in [0, 0.1) is 0 Å². The topological polar surface area (TPSA) is 24.5 Å². The maximum atomic E-state index is 11.8. The van der Waals surface area contributed by atoms with Crippen molar-refractivity contribution in [1.29, 1.82) is 0 Å². The maximum Gasteiger partial charge on any atom is 0.401 e. The Balaban J connectivity index is 2.02. The number of methoxy groups -OCH3 is 1. The molecule has 1 rings (SSSR count). The summed E-state index contributed by atoms with van der Waals surface area (Å²) < 4.78 is 40.7. The summed E-state index contributed by atoms with van der Waals surface area (Å²) >= 11 is 0. The van der Waals surface area contributed by atoms with Gasteiger partial charge in [-0.1, -0.05) is 0 Å². The Labute approximate surface area is 93.9 Å². The second-order valence-corrected chi connectivity index (χ2v) is 4.07. The van der Waals surface area contributed by atoms with Crippen molar-refractivity contribution in [2.75, 3.05) is 39.8 Å². The van der Waals surface area contributed by atoms with Crippen LogP contribution in [0.3, 0.4) is 0 Å². The van der Waals surface area contributed by atoms with Crippen molar-refractivity contribution in [3.05, 3.63) is 0 Å². The first-order chi connectivity index (χ1) is 7.51. The molecule has 0 radical (unpaired) electrons. The van der Waals surface area contributed by atoms with E-state index < -0.39 is 12.7 Å². The highest BCUT2D eigenvalue weighted by molar-refractivity contribution is 4.72. The molecule has 0 atom stereocenters. The molecule has 1 aliphatic rings. The molecule has 3 nitrogen and oxygen atoms in total. The summed E-state index contributed by atoms with van der Waals surface area (Å²) in [5.74, 6) is 0. The highest BCUT2D eigenvalue weighted by atomic mass is 19.4. The van der Waals surface area contributed by atoms with Gasteiger partial charge in [0, 0.05) is 33.3 Å². The Hall–Kier alpha value is -0.330. The first-order valence-corrected chi connectivity index (χ1v) is 5.54. The lowest BCUT2D eigenvalue weighted by Crippen LogP contribution is -2.41. The molecule has 0 aromatic carbocycles. The predicted octanol–water partition coefficient (Wildman–Crippen LogP) is 1.25. The lowest BCUT2D eigenvalue weighted by atomic mass is 10.1. The molecular formula is C10H19F3N2O. The zero-order valence-corrected chi connectivity index (χ0v) is 9.52. The minimum absolute atomic E-state index is 0.319. The normalized spacial score (nSPS) is 20.2. The van der Waals surface area contributed by atoms with Crippen molar-refractivity contribution in [3.8, 4) is 0 Å². The van der Waals surface area contributed by atoms with Crippen molar-refractivity contribution >= 4 is 0 Å². The number of rotatable bonds is 5. The molecule has 0 aromatic heterocycles. The van der Waals surface area contributed by atoms with Crippen molar-refractivity contribution in [2.45, 2.75) is 25.1 Å². The van der Waals surface area contributed by atoms with Gasteiger partial charge < -0.3 is 15.0 Å². The van der Waals surface area contributed by atoms with Crippen LogP contribution in [0.1, 0.15) is 12.8 Å². The molecule has 1 heterocycles. The van der Waals surface area contributed by atoms with Crippen LogP contribution in [0.4, 0.5) is 13.2 Å². The van der Waals surface area contributed by atoms with Crippen LogP contribution < -0.4 is 5.32 Å². The number of piperidine rings is 1. The molecule has 6 heteroatoms. The van der Waals surface area contributed by atoms with E-state index in [1.54, 1.807) is 7.11 Å². The minimum Gasteiger partial charge on any atom is -0.381 e. The smallest absolute Gasteiger partial charge is 0.381 e. The molecule has 16 heavy (non-hydrogen) atoms. The Morgan fingerprint density at radius 1 is 1.31 bits per heavy atom. The van der Waals surface area contributed by atoms with Gasteiger partial charge in [-0.25, -0.2) is 0 Å². The molecule has 0 bridgehead atoms. The van der Waals surface area contributed by atoms with E-state index in [1.165, 1.54) is 0 Å². The first kappa shape index (κ1) is 13.7. The highest BCUT2D eigenvalue weighted by Gasteiger charge is 2.26. The fourth-order valence-corrected chi connectivity index (χ4v) is 1.84. The van der Waals surface area contributed by atoms with Crippen LogP contribution in [-0.4, -0.2) is 57.0 Å². The molecule has 0 aromatic rings. The average molecular weight is 240 g/mol. The Kier molecular flexibility index (Phi) is 5.51. The molecule has 0 saturated carbocycles. The van der Waals surface area contributed by atoms with Crippen molar-refractivity contribution < 1.29 is 17.9 Å². The predicted molar refractivity (Wildman–Crippen MR) is 55.4 cm³/mol. The summed E-state index contributed by atoms with van der Waals surface area (Å²) in [6.07, 6.45) is -1.85. The van der Waals surface area contributed by atoms with Crippen molar-refractivity contribution in [2.24, 2.45) is 0 Å². The molecule has 1 aliphatic heterocycles. The van der Waals surface area contributed by atoms with Gasteiger partial charge in [-0.15, -0.1) is 0 Å². The lowest BCUT2D eigenvalue weighted by molar-refractivity contribution is -0.124. The second kappa shape index (κ2) is 6.42. The Morgan fingerprint density at radius 3 is 2.44 bits per heavy atom. The second-order valence-electron chi connectivity index (χ2n) is 4.07. The fraction of sp³-hybridized carbons (Fsp3) is 1.00. The van der Waals surface area contributed by atoms with Gasteiger partial charge in [0.1, 0.15) is 0 Å². The lowest BCUT2D eigenvalue weighted by Gasteiger charge is -2.31. The minimum atomic E-state index is -4.11. The van der Waals surface area contributed by atoms with Gasteiger partial charge in [0.2, 0.25) is 0 Å². The van der Waals surface area contributed by atoms with E-state index in [0.717, 1.165) is 25.9 Å². The van der Waals surface area contributed by atoms with E-state index in [9.17, 15) is 13.2 Å².